The molecule has 1 saturated heterocycles. The van der Waals surface area contributed by atoms with Crippen molar-refractivity contribution >= 4 is 27.3 Å². The smallest absolute Gasteiger partial charge is 0.273 e. The van der Waals surface area contributed by atoms with Gasteiger partial charge in [-0.3, -0.25) is 10.1 Å². The first kappa shape index (κ1) is 16.2. The van der Waals surface area contributed by atoms with Crippen LogP contribution in [0.4, 0.5) is 11.4 Å². The summed E-state index contributed by atoms with van der Waals surface area (Å²) < 4.78 is 6.16. The van der Waals surface area contributed by atoms with Gasteiger partial charge in [0.25, 0.3) is 5.69 Å². The van der Waals surface area contributed by atoms with Crippen LogP contribution in [0.1, 0.15) is 18.4 Å². The molecule has 6 nitrogen and oxygen atoms in total. The number of ether oxygens (including phenoxy) is 1. The summed E-state index contributed by atoms with van der Waals surface area (Å²) in [5, 5.41) is 11.0. The normalized spacial score (nSPS) is 22.4. The first-order valence-corrected chi connectivity index (χ1v) is 7.71. The summed E-state index contributed by atoms with van der Waals surface area (Å²) in [4.78, 5) is 12.9. The second-order valence-corrected chi connectivity index (χ2v) is 6.17. The number of nitrogens with zero attached hydrogens (tertiary/aromatic N) is 2. The van der Waals surface area contributed by atoms with Gasteiger partial charge in [0.2, 0.25) is 0 Å². The first-order valence-electron chi connectivity index (χ1n) is 6.92. The Morgan fingerprint density at radius 2 is 2.29 bits per heavy atom. The molecule has 0 aromatic heterocycles. The molecule has 1 fully saturated rings. The van der Waals surface area contributed by atoms with Gasteiger partial charge in [0.15, 0.2) is 0 Å². The van der Waals surface area contributed by atoms with Gasteiger partial charge in [0, 0.05) is 42.3 Å². The zero-order valence-electron chi connectivity index (χ0n) is 12.2. The molecule has 21 heavy (non-hydrogen) atoms. The lowest BCUT2D eigenvalue weighted by atomic mass is 9.98. The lowest BCUT2D eigenvalue weighted by Gasteiger charge is -2.40. The highest BCUT2D eigenvalue weighted by molar-refractivity contribution is 9.10. The molecule has 1 aliphatic heterocycles. The fourth-order valence-corrected chi connectivity index (χ4v) is 3.40. The number of nitro groups is 1. The quantitative estimate of drug-likeness (QED) is 0.661. The van der Waals surface area contributed by atoms with E-state index in [2.05, 4.69) is 20.8 Å². The van der Waals surface area contributed by atoms with Crippen LogP contribution in [0.5, 0.6) is 0 Å². The summed E-state index contributed by atoms with van der Waals surface area (Å²) in [5.41, 5.74) is 7.64. The Kier molecular flexibility index (Phi) is 5.18. The Bertz CT molecular complexity index is 538. The molecule has 0 amide bonds. The minimum Gasteiger partial charge on any atom is -0.381 e. The Morgan fingerprint density at radius 1 is 1.57 bits per heavy atom. The monoisotopic (exact) mass is 357 g/mol. The molecule has 116 valence electrons. The zero-order chi connectivity index (χ0) is 15.6. The molecule has 1 aliphatic rings. The van der Waals surface area contributed by atoms with Crippen LogP contribution >= 0.6 is 15.9 Å². The number of hydrogen-bond acceptors (Lipinski definition) is 5. The van der Waals surface area contributed by atoms with Crippen molar-refractivity contribution in [2.24, 2.45) is 5.73 Å². The van der Waals surface area contributed by atoms with Crippen molar-refractivity contribution in [3.63, 3.8) is 0 Å². The fraction of sp³-hybridized carbons (Fsp3) is 0.571. The molecule has 0 bridgehead atoms. The largest absolute Gasteiger partial charge is 0.381 e. The van der Waals surface area contributed by atoms with Crippen LogP contribution in [0.15, 0.2) is 16.6 Å². The van der Waals surface area contributed by atoms with E-state index in [1.807, 2.05) is 6.07 Å². The minimum atomic E-state index is -0.360. The van der Waals surface area contributed by atoms with Gasteiger partial charge in [-0.15, -0.1) is 0 Å². The van der Waals surface area contributed by atoms with Gasteiger partial charge in [-0.2, -0.15) is 0 Å². The predicted octanol–water partition coefficient (Wildman–Crippen LogP) is 2.61. The highest BCUT2D eigenvalue weighted by Crippen LogP contribution is 2.36. The number of benzene rings is 1. The van der Waals surface area contributed by atoms with Crippen molar-refractivity contribution < 1.29 is 9.66 Å². The summed E-state index contributed by atoms with van der Waals surface area (Å²) in [6, 6.07) is 3.61. The Labute approximate surface area is 132 Å². The molecule has 1 aromatic rings. The standard InChI is InChI=1S/C14H20BrN3O3/c1-9-5-14(12(15)7-13(9)18(19)20)17-4-3-11(21-2)6-10(17)8-16/h5,7,10-11H,3-4,6,8,16H2,1-2H3. The maximum atomic E-state index is 11.0. The van der Waals surface area contributed by atoms with Crippen LogP contribution in [0.2, 0.25) is 0 Å². The SMILES string of the molecule is COC1CCN(c2cc(C)c([N+](=O)[O-])cc2Br)C(CN)C1. The van der Waals surface area contributed by atoms with Crippen molar-refractivity contribution in [2.75, 3.05) is 25.1 Å². The van der Waals surface area contributed by atoms with Gasteiger partial charge in [-0.1, -0.05) is 0 Å². The maximum absolute atomic E-state index is 11.0. The average Bonchev–Trinajstić information content (AvgIpc) is 2.48. The molecule has 0 saturated carbocycles. The van der Waals surface area contributed by atoms with E-state index in [9.17, 15) is 10.1 Å². The van der Waals surface area contributed by atoms with E-state index in [0.717, 1.165) is 29.5 Å². The van der Waals surface area contributed by atoms with Gasteiger partial charge in [-0.25, -0.2) is 0 Å². The molecule has 0 spiro atoms. The van der Waals surface area contributed by atoms with Crippen LogP contribution in [0.25, 0.3) is 0 Å². The topological polar surface area (TPSA) is 81.6 Å². The molecular formula is C14H20BrN3O3. The van der Waals surface area contributed by atoms with Crippen LogP contribution in [0.3, 0.4) is 0 Å². The molecule has 2 N–H and O–H groups in total. The highest BCUT2D eigenvalue weighted by Gasteiger charge is 2.29. The van der Waals surface area contributed by atoms with Crippen LogP contribution in [0, 0.1) is 17.0 Å². The van der Waals surface area contributed by atoms with Gasteiger partial charge >= 0.3 is 0 Å². The number of rotatable bonds is 4. The lowest BCUT2D eigenvalue weighted by molar-refractivity contribution is -0.385. The van der Waals surface area contributed by atoms with Crippen molar-refractivity contribution in [1.82, 2.24) is 0 Å². The van der Waals surface area contributed by atoms with Gasteiger partial charge in [-0.05, 0) is 41.8 Å². The molecule has 7 heteroatoms. The van der Waals surface area contributed by atoms with Crippen LogP contribution < -0.4 is 10.6 Å². The molecule has 0 radical (unpaired) electrons. The van der Waals surface area contributed by atoms with Gasteiger partial charge < -0.3 is 15.4 Å². The predicted molar refractivity (Wildman–Crippen MR) is 85.8 cm³/mol. The third kappa shape index (κ3) is 3.36. The highest BCUT2D eigenvalue weighted by atomic mass is 79.9. The third-order valence-electron chi connectivity index (χ3n) is 4.04. The second-order valence-electron chi connectivity index (χ2n) is 5.31. The number of aryl methyl sites for hydroxylation is 1. The van der Waals surface area contributed by atoms with E-state index in [1.165, 1.54) is 0 Å². The molecule has 2 rings (SSSR count). The number of nitrogens with two attached hydrogens (primary N) is 1. The van der Waals surface area contributed by atoms with E-state index in [0.29, 0.717) is 12.1 Å². The number of anilines is 1. The lowest BCUT2D eigenvalue weighted by Crippen LogP contribution is -2.48. The van der Waals surface area contributed by atoms with E-state index >= 15 is 0 Å². The Balaban J connectivity index is 2.33. The average molecular weight is 358 g/mol. The molecule has 1 heterocycles. The Morgan fingerprint density at radius 3 is 2.86 bits per heavy atom. The molecule has 2 unspecified atom stereocenters. The second kappa shape index (κ2) is 6.72. The van der Waals surface area contributed by atoms with Crippen LogP contribution in [-0.2, 0) is 4.74 Å². The summed E-state index contributed by atoms with van der Waals surface area (Å²) in [6.07, 6.45) is 2.03. The van der Waals surface area contributed by atoms with E-state index in [1.54, 1.807) is 20.1 Å². The van der Waals surface area contributed by atoms with Gasteiger partial charge in [0.1, 0.15) is 0 Å². The maximum Gasteiger partial charge on any atom is 0.273 e. The number of halogens is 1. The van der Waals surface area contributed by atoms with E-state index in [4.69, 9.17) is 10.5 Å². The van der Waals surface area contributed by atoms with E-state index in [-0.39, 0.29) is 22.8 Å². The third-order valence-corrected chi connectivity index (χ3v) is 4.68. The fourth-order valence-electron chi connectivity index (χ4n) is 2.84. The van der Waals surface area contributed by atoms with Gasteiger partial charge in [0.05, 0.1) is 16.7 Å². The summed E-state index contributed by atoms with van der Waals surface area (Å²) in [6.45, 7) is 3.12. The molecule has 2 atom stereocenters. The molecule has 1 aromatic carbocycles. The molecule has 0 aliphatic carbocycles. The van der Waals surface area contributed by atoms with Crippen molar-refractivity contribution in [3.8, 4) is 0 Å². The summed E-state index contributed by atoms with van der Waals surface area (Å²) >= 11 is 3.46. The van der Waals surface area contributed by atoms with Crippen molar-refractivity contribution in [2.45, 2.75) is 31.9 Å². The van der Waals surface area contributed by atoms with E-state index < -0.39 is 0 Å². The van der Waals surface area contributed by atoms with Crippen LogP contribution in [-0.4, -0.2) is 37.3 Å². The van der Waals surface area contributed by atoms with Crippen molar-refractivity contribution in [3.05, 3.63) is 32.3 Å². The summed E-state index contributed by atoms with van der Waals surface area (Å²) in [7, 11) is 1.72. The number of hydrogen-bond donors (Lipinski definition) is 1. The minimum absolute atomic E-state index is 0.127. The summed E-state index contributed by atoms with van der Waals surface area (Å²) in [5.74, 6) is 0. The first-order chi connectivity index (χ1) is 9.97. The Hall–Kier alpha value is -1.18. The number of nitro benzene ring substituents is 1. The zero-order valence-corrected chi connectivity index (χ0v) is 13.8. The number of piperidine rings is 1. The van der Waals surface area contributed by atoms with Crippen molar-refractivity contribution in [1.29, 1.82) is 0 Å². The number of methoxy groups -OCH3 is 1. The molecular weight excluding hydrogens is 338 g/mol.